The fourth-order valence-electron chi connectivity index (χ4n) is 1.68. The zero-order chi connectivity index (χ0) is 13.8. The Labute approximate surface area is 108 Å². The number of hydrogen-bond acceptors (Lipinski definition) is 6. The van der Waals surface area contributed by atoms with Crippen LogP contribution in [0.25, 0.3) is 0 Å². The van der Waals surface area contributed by atoms with E-state index in [0.29, 0.717) is 5.95 Å². The van der Waals surface area contributed by atoms with Gasteiger partial charge < -0.3 is 15.8 Å². The molecule has 1 rings (SSSR count). The normalized spacial score (nSPS) is 11.7. The van der Waals surface area contributed by atoms with E-state index in [1.807, 2.05) is 13.8 Å². The van der Waals surface area contributed by atoms with Crippen LogP contribution in [0.1, 0.15) is 47.5 Å². The molecule has 0 saturated heterocycles. The summed E-state index contributed by atoms with van der Waals surface area (Å²) >= 11 is 0. The van der Waals surface area contributed by atoms with Gasteiger partial charge in [-0.25, -0.2) is 0 Å². The van der Waals surface area contributed by atoms with E-state index in [4.69, 9.17) is 10.5 Å². The summed E-state index contributed by atoms with van der Waals surface area (Å²) in [5.41, 5.74) is 5.56. The van der Waals surface area contributed by atoms with Gasteiger partial charge in [0.2, 0.25) is 11.9 Å². The van der Waals surface area contributed by atoms with Crippen molar-refractivity contribution in [2.24, 2.45) is 0 Å². The van der Waals surface area contributed by atoms with Gasteiger partial charge in [0.25, 0.3) is 0 Å². The zero-order valence-electron chi connectivity index (χ0n) is 11.8. The lowest BCUT2D eigenvalue weighted by molar-refractivity contribution is 0.222. The number of nitrogens with one attached hydrogen (secondary N) is 1. The minimum atomic E-state index is -0.0857. The SMILES string of the molecule is CCCC(C)(C)Nc1nc(N)nc(OC(C)C)n1. The Kier molecular flexibility index (Phi) is 4.69. The van der Waals surface area contributed by atoms with E-state index in [1.165, 1.54) is 0 Å². The third-order valence-electron chi connectivity index (χ3n) is 2.30. The van der Waals surface area contributed by atoms with Gasteiger partial charge in [-0.2, -0.15) is 15.0 Å². The predicted octanol–water partition coefficient (Wildman–Crippen LogP) is 2.23. The van der Waals surface area contributed by atoms with Crippen molar-refractivity contribution in [2.45, 2.75) is 59.1 Å². The highest BCUT2D eigenvalue weighted by Gasteiger charge is 2.18. The second-order valence-corrected chi connectivity index (χ2v) is 5.23. The number of aromatic nitrogens is 3. The minimum absolute atomic E-state index is 0.00306. The summed E-state index contributed by atoms with van der Waals surface area (Å²) in [5, 5.41) is 3.25. The highest BCUT2D eigenvalue weighted by molar-refractivity contribution is 5.34. The van der Waals surface area contributed by atoms with Gasteiger partial charge >= 0.3 is 6.01 Å². The van der Waals surface area contributed by atoms with E-state index in [0.717, 1.165) is 12.8 Å². The first-order valence-corrected chi connectivity index (χ1v) is 6.29. The molecule has 1 heterocycles. The molecular formula is C12H23N5O. The summed E-state index contributed by atoms with van der Waals surface area (Å²) in [5.74, 6) is 0.618. The molecule has 0 radical (unpaired) electrons. The fourth-order valence-corrected chi connectivity index (χ4v) is 1.68. The van der Waals surface area contributed by atoms with Gasteiger partial charge in [0, 0.05) is 5.54 Å². The fraction of sp³-hybridized carbons (Fsp3) is 0.750. The van der Waals surface area contributed by atoms with E-state index in [2.05, 4.69) is 41.0 Å². The van der Waals surface area contributed by atoms with Crippen LogP contribution in [0.3, 0.4) is 0 Å². The molecular weight excluding hydrogens is 230 g/mol. The molecule has 0 bridgehead atoms. The smallest absolute Gasteiger partial charge is 0.323 e. The molecule has 0 atom stereocenters. The number of nitrogens with zero attached hydrogens (tertiary/aromatic N) is 3. The maximum Gasteiger partial charge on any atom is 0.323 e. The van der Waals surface area contributed by atoms with E-state index in [9.17, 15) is 0 Å². The van der Waals surface area contributed by atoms with Gasteiger partial charge in [-0.3, -0.25) is 0 Å². The quantitative estimate of drug-likeness (QED) is 0.808. The highest BCUT2D eigenvalue weighted by Crippen LogP contribution is 2.18. The van der Waals surface area contributed by atoms with Crippen LogP contribution in [0.15, 0.2) is 0 Å². The van der Waals surface area contributed by atoms with Crippen molar-refractivity contribution >= 4 is 11.9 Å². The number of ether oxygens (including phenoxy) is 1. The van der Waals surface area contributed by atoms with Crippen molar-refractivity contribution in [3.8, 4) is 6.01 Å². The average Bonchev–Trinajstić information content (AvgIpc) is 2.13. The van der Waals surface area contributed by atoms with Crippen LogP contribution in [-0.2, 0) is 0 Å². The molecule has 0 spiro atoms. The van der Waals surface area contributed by atoms with Crippen molar-refractivity contribution in [2.75, 3.05) is 11.1 Å². The maximum absolute atomic E-state index is 5.65. The molecule has 0 fully saturated rings. The molecule has 6 nitrogen and oxygen atoms in total. The van der Waals surface area contributed by atoms with Crippen molar-refractivity contribution in [3.05, 3.63) is 0 Å². The molecule has 0 aliphatic carbocycles. The predicted molar refractivity (Wildman–Crippen MR) is 72.6 cm³/mol. The van der Waals surface area contributed by atoms with Crippen molar-refractivity contribution in [1.82, 2.24) is 15.0 Å². The minimum Gasteiger partial charge on any atom is -0.461 e. The van der Waals surface area contributed by atoms with Crippen molar-refractivity contribution in [1.29, 1.82) is 0 Å². The van der Waals surface area contributed by atoms with Crippen LogP contribution in [0.2, 0.25) is 0 Å². The number of nitrogens with two attached hydrogens (primary N) is 1. The summed E-state index contributed by atoms with van der Waals surface area (Å²) in [6.07, 6.45) is 2.10. The van der Waals surface area contributed by atoms with Crippen LogP contribution in [-0.4, -0.2) is 26.6 Å². The van der Waals surface area contributed by atoms with Gasteiger partial charge in [0.15, 0.2) is 0 Å². The van der Waals surface area contributed by atoms with Crippen LogP contribution in [0.5, 0.6) is 6.01 Å². The molecule has 18 heavy (non-hydrogen) atoms. The Hall–Kier alpha value is -1.59. The Morgan fingerprint density at radius 3 is 2.50 bits per heavy atom. The monoisotopic (exact) mass is 253 g/mol. The third-order valence-corrected chi connectivity index (χ3v) is 2.30. The Morgan fingerprint density at radius 2 is 1.94 bits per heavy atom. The van der Waals surface area contributed by atoms with Gasteiger partial charge in [-0.1, -0.05) is 13.3 Å². The molecule has 0 aliphatic heterocycles. The molecule has 102 valence electrons. The summed E-state index contributed by atoms with van der Waals surface area (Å²) in [7, 11) is 0. The summed E-state index contributed by atoms with van der Waals surface area (Å²) in [6.45, 7) is 10.2. The number of nitrogen functional groups attached to an aromatic ring is 1. The molecule has 1 aromatic rings. The molecule has 3 N–H and O–H groups in total. The van der Waals surface area contributed by atoms with E-state index in [-0.39, 0.29) is 23.6 Å². The maximum atomic E-state index is 5.65. The van der Waals surface area contributed by atoms with Crippen molar-refractivity contribution in [3.63, 3.8) is 0 Å². The number of anilines is 2. The highest BCUT2D eigenvalue weighted by atomic mass is 16.5. The average molecular weight is 253 g/mol. The molecule has 0 aliphatic rings. The molecule has 0 amide bonds. The van der Waals surface area contributed by atoms with Crippen molar-refractivity contribution < 1.29 is 4.74 Å². The second kappa shape index (κ2) is 5.84. The van der Waals surface area contributed by atoms with Gasteiger partial charge in [0.1, 0.15) is 0 Å². The molecule has 1 aromatic heterocycles. The first-order chi connectivity index (χ1) is 8.32. The summed E-state index contributed by atoms with van der Waals surface area (Å²) in [6, 6.07) is 0.257. The van der Waals surface area contributed by atoms with Crippen LogP contribution in [0.4, 0.5) is 11.9 Å². The van der Waals surface area contributed by atoms with Gasteiger partial charge in [-0.15, -0.1) is 0 Å². The third kappa shape index (κ3) is 4.73. The van der Waals surface area contributed by atoms with Crippen LogP contribution in [0, 0.1) is 0 Å². The largest absolute Gasteiger partial charge is 0.461 e. The number of hydrogen-bond donors (Lipinski definition) is 2. The summed E-state index contributed by atoms with van der Waals surface area (Å²) < 4.78 is 5.43. The molecule has 0 unspecified atom stereocenters. The van der Waals surface area contributed by atoms with E-state index >= 15 is 0 Å². The lowest BCUT2D eigenvalue weighted by Gasteiger charge is -2.25. The van der Waals surface area contributed by atoms with Crippen LogP contribution < -0.4 is 15.8 Å². The Morgan fingerprint density at radius 1 is 1.28 bits per heavy atom. The van der Waals surface area contributed by atoms with Crippen LogP contribution >= 0.6 is 0 Å². The number of rotatable bonds is 6. The zero-order valence-corrected chi connectivity index (χ0v) is 11.8. The first-order valence-electron chi connectivity index (χ1n) is 6.29. The Balaban J connectivity index is 2.85. The molecule has 6 heteroatoms. The topological polar surface area (TPSA) is 86.0 Å². The van der Waals surface area contributed by atoms with Gasteiger partial charge in [0.05, 0.1) is 6.10 Å². The lowest BCUT2D eigenvalue weighted by atomic mass is 9.99. The lowest BCUT2D eigenvalue weighted by Crippen LogP contribution is -2.31. The second-order valence-electron chi connectivity index (χ2n) is 5.23. The Bertz CT molecular complexity index is 392. The summed E-state index contributed by atoms with van der Waals surface area (Å²) in [4.78, 5) is 12.2. The standard InChI is InChI=1S/C12H23N5O/c1-6-7-12(4,5)17-10-14-9(13)15-11(16-10)18-8(2)3/h8H,6-7H2,1-5H3,(H3,13,14,15,16,17). The van der Waals surface area contributed by atoms with E-state index < -0.39 is 0 Å². The van der Waals surface area contributed by atoms with E-state index in [1.54, 1.807) is 0 Å². The van der Waals surface area contributed by atoms with Gasteiger partial charge in [-0.05, 0) is 34.1 Å². The first kappa shape index (κ1) is 14.5. The molecule has 0 aromatic carbocycles. The molecule has 0 saturated carbocycles.